The van der Waals surface area contributed by atoms with Gasteiger partial charge in [-0.3, -0.25) is 19.3 Å². The van der Waals surface area contributed by atoms with E-state index >= 15 is 0 Å². The fourth-order valence-corrected chi connectivity index (χ4v) is 6.87. The highest BCUT2D eigenvalue weighted by atomic mass is 35.5. The number of piperidine rings is 1. The number of nitrogens with one attached hydrogen (secondary N) is 3. The molecule has 41 heavy (non-hydrogen) atoms. The number of pyridine rings is 1. The first-order chi connectivity index (χ1) is 19.7. The first kappa shape index (κ1) is 29.5. The predicted octanol–water partition coefficient (Wildman–Crippen LogP) is 6.06. The second-order valence-electron chi connectivity index (χ2n) is 11.5. The van der Waals surface area contributed by atoms with E-state index in [-0.39, 0.29) is 17.9 Å². The van der Waals surface area contributed by atoms with Crippen molar-refractivity contribution in [2.45, 2.75) is 76.9 Å². The van der Waals surface area contributed by atoms with E-state index in [1.807, 2.05) is 42.9 Å². The average molecular weight is 598 g/mol. The predicted molar refractivity (Wildman–Crippen MR) is 165 cm³/mol. The maximum Gasteiger partial charge on any atom is 0.262 e. The Labute approximate surface area is 251 Å². The zero-order valence-electron chi connectivity index (χ0n) is 24.0. The summed E-state index contributed by atoms with van der Waals surface area (Å²) in [5, 5.41) is 14.6. The van der Waals surface area contributed by atoms with Crippen LogP contribution < -0.4 is 16.0 Å². The van der Waals surface area contributed by atoms with Crippen LogP contribution in [-0.2, 0) is 4.79 Å². The first-order valence-electron chi connectivity index (χ1n) is 14.6. The number of rotatable bonds is 10. The second-order valence-corrected chi connectivity index (χ2v) is 13.1. The summed E-state index contributed by atoms with van der Waals surface area (Å²) in [5.41, 5.74) is 2.38. The zero-order chi connectivity index (χ0) is 28.9. The molecule has 3 aromatic rings. The van der Waals surface area contributed by atoms with E-state index in [0.717, 1.165) is 55.0 Å². The summed E-state index contributed by atoms with van der Waals surface area (Å²) in [7, 11) is 2.14. The molecule has 3 aromatic heterocycles. The molecule has 2 amide bonds. The van der Waals surface area contributed by atoms with Crippen LogP contribution in [0.1, 0.15) is 84.2 Å². The molecule has 0 spiro atoms. The van der Waals surface area contributed by atoms with Gasteiger partial charge in [0.1, 0.15) is 6.04 Å². The number of aromatic nitrogens is 3. The lowest BCUT2D eigenvalue weighted by Gasteiger charge is -2.28. The van der Waals surface area contributed by atoms with E-state index in [2.05, 4.69) is 38.0 Å². The lowest BCUT2D eigenvalue weighted by Crippen LogP contribution is -2.44. The van der Waals surface area contributed by atoms with Crippen LogP contribution in [-0.4, -0.2) is 57.7 Å². The average Bonchev–Trinajstić information content (AvgIpc) is 3.73. The van der Waals surface area contributed by atoms with Gasteiger partial charge in [0, 0.05) is 17.3 Å². The molecule has 0 aromatic carbocycles. The smallest absolute Gasteiger partial charge is 0.262 e. The molecule has 2 atom stereocenters. The summed E-state index contributed by atoms with van der Waals surface area (Å²) in [5.74, 6) is 0.0174. The number of thiophene rings is 1. The molecule has 0 radical (unpaired) electrons. The number of aryl methyl sites for hydroxylation is 1. The quantitative estimate of drug-likeness (QED) is 0.262. The minimum Gasteiger partial charge on any atom is -0.376 e. The lowest BCUT2D eigenvalue weighted by atomic mass is 9.97. The van der Waals surface area contributed by atoms with Gasteiger partial charge in [-0.1, -0.05) is 37.3 Å². The van der Waals surface area contributed by atoms with Gasteiger partial charge >= 0.3 is 0 Å². The number of nitrogens with zero attached hydrogens (tertiary/aromatic N) is 4. The molecule has 3 N–H and O–H groups in total. The Hall–Kier alpha value is -2.95. The fraction of sp³-hybridized carbons (Fsp3) is 0.533. The van der Waals surface area contributed by atoms with Crippen LogP contribution in [0.2, 0.25) is 5.02 Å². The lowest BCUT2D eigenvalue weighted by molar-refractivity contribution is -0.118. The van der Waals surface area contributed by atoms with Gasteiger partial charge in [0.2, 0.25) is 5.91 Å². The molecular weight excluding hydrogens is 558 g/mol. The Morgan fingerprint density at radius 2 is 1.90 bits per heavy atom. The van der Waals surface area contributed by atoms with Crippen LogP contribution in [0, 0.1) is 12.8 Å². The van der Waals surface area contributed by atoms with Crippen molar-refractivity contribution in [3.63, 3.8) is 0 Å². The largest absolute Gasteiger partial charge is 0.376 e. The van der Waals surface area contributed by atoms with Gasteiger partial charge in [-0.25, -0.2) is 0 Å². The van der Waals surface area contributed by atoms with E-state index in [4.69, 9.17) is 11.6 Å². The maximum absolute atomic E-state index is 13.5. The van der Waals surface area contributed by atoms with Crippen LogP contribution >= 0.6 is 22.9 Å². The van der Waals surface area contributed by atoms with Crippen molar-refractivity contribution < 1.29 is 9.59 Å². The van der Waals surface area contributed by atoms with Crippen LogP contribution in [0.5, 0.6) is 0 Å². The normalized spacial score (nSPS) is 18.2. The SMILES string of the molecule is Cc1ncc(Cl)cc1NC(C)c1ccc(C(=O)NC(CC2CCCC2)C(=O)Nc2cnn(C3CCN(C)CC3)c2)s1. The van der Waals surface area contributed by atoms with Crippen LogP contribution in [0.25, 0.3) is 0 Å². The van der Waals surface area contributed by atoms with Gasteiger partial charge in [0.15, 0.2) is 0 Å². The number of halogens is 1. The molecule has 2 unspecified atom stereocenters. The number of carbonyl (C=O) groups excluding carboxylic acids is 2. The van der Waals surface area contributed by atoms with E-state index in [9.17, 15) is 9.59 Å². The van der Waals surface area contributed by atoms with E-state index < -0.39 is 6.04 Å². The van der Waals surface area contributed by atoms with E-state index in [1.54, 1.807) is 12.4 Å². The summed E-state index contributed by atoms with van der Waals surface area (Å²) in [6, 6.07) is 5.32. The number of hydrogen-bond donors (Lipinski definition) is 3. The van der Waals surface area contributed by atoms with Gasteiger partial charge < -0.3 is 20.9 Å². The van der Waals surface area contributed by atoms with Crippen molar-refractivity contribution in [1.82, 2.24) is 25.0 Å². The molecule has 9 nitrogen and oxygen atoms in total. The highest BCUT2D eigenvalue weighted by molar-refractivity contribution is 7.14. The van der Waals surface area contributed by atoms with Crippen LogP contribution in [0.3, 0.4) is 0 Å². The van der Waals surface area contributed by atoms with Gasteiger partial charge in [-0.15, -0.1) is 11.3 Å². The van der Waals surface area contributed by atoms with Gasteiger partial charge in [-0.2, -0.15) is 5.10 Å². The molecule has 1 aliphatic carbocycles. The summed E-state index contributed by atoms with van der Waals surface area (Å²) >= 11 is 7.55. The highest BCUT2D eigenvalue weighted by Crippen LogP contribution is 2.31. The van der Waals surface area contributed by atoms with Crippen molar-refractivity contribution in [3.05, 3.63) is 57.3 Å². The molecular formula is C30H40ClN7O2S. The molecule has 5 rings (SSSR count). The number of carbonyl (C=O) groups is 2. The standard InChI is InChI=1S/C30H40ClN7O2S/c1-19-25(15-22(31)16-32-19)34-20(2)27-8-9-28(41-27)30(40)36-26(14-21-6-4-5-7-21)29(39)35-23-17-33-38(18-23)24-10-12-37(3)13-11-24/h8-9,15-18,20-21,24,26,34H,4-7,10-14H2,1-3H3,(H,35,39)(H,36,40). The molecule has 2 fully saturated rings. The van der Waals surface area contributed by atoms with Crippen LogP contribution in [0.4, 0.5) is 11.4 Å². The van der Waals surface area contributed by atoms with Crippen molar-refractivity contribution in [2.75, 3.05) is 30.8 Å². The minimum atomic E-state index is -0.612. The maximum atomic E-state index is 13.5. The van der Waals surface area contributed by atoms with Crippen LogP contribution in [0.15, 0.2) is 36.8 Å². The van der Waals surface area contributed by atoms with Gasteiger partial charge in [-0.05, 0) is 77.4 Å². The summed E-state index contributed by atoms with van der Waals surface area (Å²) in [4.78, 5) is 35.1. The second kappa shape index (κ2) is 13.4. The molecule has 220 valence electrons. The summed E-state index contributed by atoms with van der Waals surface area (Å²) < 4.78 is 1.97. The Morgan fingerprint density at radius 3 is 2.66 bits per heavy atom. The monoisotopic (exact) mass is 597 g/mol. The van der Waals surface area contributed by atoms with E-state index in [1.165, 1.54) is 24.2 Å². The third-order valence-corrected chi connectivity index (χ3v) is 9.77. The van der Waals surface area contributed by atoms with Crippen molar-refractivity contribution in [3.8, 4) is 0 Å². The zero-order valence-corrected chi connectivity index (χ0v) is 25.6. The topological polar surface area (TPSA) is 104 Å². The van der Waals surface area contributed by atoms with Crippen molar-refractivity contribution >= 4 is 46.1 Å². The third kappa shape index (κ3) is 7.67. The summed E-state index contributed by atoms with van der Waals surface area (Å²) in [6.07, 6.45) is 12.5. The number of anilines is 2. The van der Waals surface area contributed by atoms with Crippen molar-refractivity contribution in [2.24, 2.45) is 5.92 Å². The molecule has 2 aliphatic rings. The number of likely N-dealkylation sites (tertiary alicyclic amines) is 1. The Bertz CT molecular complexity index is 1340. The first-order valence-corrected chi connectivity index (χ1v) is 15.8. The molecule has 0 bridgehead atoms. The summed E-state index contributed by atoms with van der Waals surface area (Å²) in [6.45, 7) is 6.04. The Balaban J connectivity index is 1.23. The van der Waals surface area contributed by atoms with E-state index in [0.29, 0.717) is 34.0 Å². The van der Waals surface area contributed by atoms with Gasteiger partial charge in [0.25, 0.3) is 5.91 Å². The molecule has 4 heterocycles. The molecule has 1 saturated heterocycles. The molecule has 1 aliphatic heterocycles. The molecule has 11 heteroatoms. The number of hydrogen-bond acceptors (Lipinski definition) is 7. The molecule has 1 saturated carbocycles. The Morgan fingerprint density at radius 1 is 1.15 bits per heavy atom. The highest BCUT2D eigenvalue weighted by Gasteiger charge is 2.28. The number of amides is 2. The minimum absolute atomic E-state index is 0.0424. The third-order valence-electron chi connectivity index (χ3n) is 8.30. The Kier molecular flexibility index (Phi) is 9.62. The van der Waals surface area contributed by atoms with Crippen molar-refractivity contribution in [1.29, 1.82) is 0 Å². The van der Waals surface area contributed by atoms with Gasteiger partial charge in [0.05, 0.1) is 45.2 Å². The fourth-order valence-electron chi connectivity index (χ4n) is 5.80.